The van der Waals surface area contributed by atoms with Gasteiger partial charge in [-0.3, -0.25) is 4.79 Å². The first kappa shape index (κ1) is 17.7. The monoisotopic (exact) mass is 350 g/mol. The molecule has 4 fully saturated rings. The number of rotatable bonds is 1. The van der Waals surface area contributed by atoms with Gasteiger partial charge in [-0.1, -0.05) is 26.8 Å². The lowest BCUT2D eigenvalue weighted by Crippen LogP contribution is -2.70. The van der Waals surface area contributed by atoms with Gasteiger partial charge in [0.25, 0.3) is 0 Å². The Hall–Kier alpha value is -0.750. The molecule has 0 aromatic heterocycles. The van der Waals surface area contributed by atoms with Crippen LogP contribution in [0.25, 0.3) is 0 Å². The van der Waals surface area contributed by atoms with Crippen LogP contribution in [0.2, 0.25) is 0 Å². The van der Waals surface area contributed by atoms with Crippen LogP contribution in [0, 0.1) is 34.0 Å². The summed E-state index contributed by atoms with van der Waals surface area (Å²) in [6, 6.07) is 0. The molecule has 0 unspecified atom stereocenters. The van der Waals surface area contributed by atoms with E-state index in [4.69, 9.17) is 0 Å². The Morgan fingerprint density at radius 3 is 2.52 bits per heavy atom. The van der Waals surface area contributed by atoms with Crippen molar-refractivity contribution in [1.82, 2.24) is 0 Å². The molecule has 140 valence electrons. The topological polar surface area (TPSA) is 98.0 Å². The minimum atomic E-state index is -1.24. The summed E-state index contributed by atoms with van der Waals surface area (Å²) in [5, 5.41) is 43.2. The van der Waals surface area contributed by atoms with Gasteiger partial charge in [-0.25, -0.2) is 0 Å². The molecule has 4 saturated carbocycles. The van der Waals surface area contributed by atoms with E-state index in [-0.39, 0.29) is 30.1 Å². The van der Waals surface area contributed by atoms with E-state index in [1.165, 1.54) is 0 Å². The van der Waals surface area contributed by atoms with Crippen molar-refractivity contribution in [3.8, 4) is 0 Å². The number of Topliss-reactive ketones (excluding diaryl/α,β-unsaturated/α-hetero) is 1. The molecule has 0 saturated heterocycles. The van der Waals surface area contributed by atoms with Crippen LogP contribution in [0.1, 0.15) is 46.0 Å². The first-order valence-corrected chi connectivity index (χ1v) is 9.51. The Bertz CT molecular complexity index is 632. The molecule has 5 nitrogen and oxygen atoms in total. The summed E-state index contributed by atoms with van der Waals surface area (Å²) in [6.45, 7) is 8.07. The second kappa shape index (κ2) is 5.16. The highest BCUT2D eigenvalue weighted by Gasteiger charge is 2.75. The smallest absolute Gasteiger partial charge is 0.138 e. The second-order valence-electron chi connectivity index (χ2n) is 9.61. The normalized spacial score (nSPS) is 58.0. The lowest BCUT2D eigenvalue weighted by molar-refractivity contribution is -0.247. The van der Waals surface area contributed by atoms with Crippen molar-refractivity contribution in [3.05, 3.63) is 12.2 Å². The van der Waals surface area contributed by atoms with Crippen molar-refractivity contribution in [2.45, 2.75) is 64.3 Å². The third kappa shape index (κ3) is 1.81. The number of fused-ring (bicyclic) bond motifs is 3. The lowest BCUT2D eigenvalue weighted by atomic mass is 9.39. The van der Waals surface area contributed by atoms with Gasteiger partial charge in [-0.2, -0.15) is 0 Å². The fraction of sp³-hybridized carbons (Fsp3) is 0.850. The third-order valence-electron chi connectivity index (χ3n) is 8.60. The van der Waals surface area contributed by atoms with Gasteiger partial charge in [0.1, 0.15) is 5.78 Å². The van der Waals surface area contributed by atoms with E-state index in [0.717, 1.165) is 19.3 Å². The van der Waals surface area contributed by atoms with Gasteiger partial charge in [0, 0.05) is 24.9 Å². The molecule has 0 aromatic carbocycles. The molecule has 4 aliphatic carbocycles. The number of carbonyl (C=O) groups is 1. The third-order valence-corrected chi connectivity index (χ3v) is 8.60. The summed E-state index contributed by atoms with van der Waals surface area (Å²) in [5.41, 5.74) is -1.54. The number of hydrogen-bond acceptors (Lipinski definition) is 5. The minimum absolute atomic E-state index is 0.0156. The number of carbonyl (C=O) groups excluding carboxylic acids is 1. The van der Waals surface area contributed by atoms with Crippen LogP contribution in [0.5, 0.6) is 0 Å². The summed E-state index contributed by atoms with van der Waals surface area (Å²) in [6.07, 6.45) is 0.193. The maximum Gasteiger partial charge on any atom is 0.138 e. The van der Waals surface area contributed by atoms with E-state index in [2.05, 4.69) is 13.5 Å². The molecule has 0 aromatic rings. The number of aliphatic hydroxyl groups excluding tert-OH is 4. The summed E-state index contributed by atoms with van der Waals surface area (Å²) in [4.78, 5) is 13.2. The molecule has 0 radical (unpaired) electrons. The minimum Gasteiger partial charge on any atom is -0.396 e. The van der Waals surface area contributed by atoms with Gasteiger partial charge in [0.2, 0.25) is 0 Å². The molecule has 2 bridgehead atoms. The fourth-order valence-corrected chi connectivity index (χ4v) is 7.47. The van der Waals surface area contributed by atoms with Crippen LogP contribution in [0.4, 0.5) is 0 Å². The van der Waals surface area contributed by atoms with Crippen LogP contribution in [-0.2, 0) is 4.79 Å². The quantitative estimate of drug-likeness (QED) is 0.530. The second-order valence-corrected chi connectivity index (χ2v) is 9.61. The molecule has 9 atom stereocenters. The molecule has 0 aliphatic heterocycles. The highest BCUT2D eigenvalue weighted by atomic mass is 16.3. The van der Waals surface area contributed by atoms with Crippen molar-refractivity contribution < 1.29 is 25.2 Å². The first-order chi connectivity index (χ1) is 11.6. The lowest BCUT2D eigenvalue weighted by Gasteiger charge is -2.65. The van der Waals surface area contributed by atoms with Crippen LogP contribution in [0.15, 0.2) is 12.2 Å². The van der Waals surface area contributed by atoms with Crippen molar-refractivity contribution in [3.63, 3.8) is 0 Å². The van der Waals surface area contributed by atoms with Crippen molar-refractivity contribution in [1.29, 1.82) is 0 Å². The molecular formula is C20H30O5. The zero-order valence-electron chi connectivity index (χ0n) is 15.1. The van der Waals surface area contributed by atoms with Gasteiger partial charge in [0.15, 0.2) is 0 Å². The van der Waals surface area contributed by atoms with E-state index in [1.54, 1.807) is 0 Å². The van der Waals surface area contributed by atoms with Gasteiger partial charge in [0.05, 0.1) is 23.7 Å². The van der Waals surface area contributed by atoms with Crippen molar-refractivity contribution >= 4 is 5.78 Å². The molecule has 5 heteroatoms. The van der Waals surface area contributed by atoms with E-state index in [9.17, 15) is 25.2 Å². The molecule has 4 N–H and O–H groups in total. The Kier molecular flexibility index (Phi) is 3.64. The average molecular weight is 350 g/mol. The van der Waals surface area contributed by atoms with Crippen molar-refractivity contribution in [2.75, 3.05) is 6.61 Å². The van der Waals surface area contributed by atoms with E-state index < -0.39 is 41.0 Å². The molecule has 1 spiro atoms. The molecule has 4 rings (SSSR count). The fourth-order valence-electron chi connectivity index (χ4n) is 7.47. The number of ketones is 1. The van der Waals surface area contributed by atoms with Gasteiger partial charge in [-0.05, 0) is 41.6 Å². The highest BCUT2D eigenvalue weighted by molar-refractivity contribution is 5.86. The van der Waals surface area contributed by atoms with Crippen LogP contribution in [0.3, 0.4) is 0 Å². The first-order valence-electron chi connectivity index (χ1n) is 9.51. The standard InChI is InChI=1S/C20H30O5/c1-10-11-7-12(22)15-19(3)6-4-5-18(2,9-21)13(19)8-14(23)20(15,16(10)24)17(11)25/h11,13-17,21,23-25H,1,4-9H2,2-3H3/t11-,13+,14+,15-,16+,17+,18+,19+,20-/m0/s1. The van der Waals surface area contributed by atoms with E-state index in [0.29, 0.717) is 12.0 Å². The van der Waals surface area contributed by atoms with Crippen LogP contribution >= 0.6 is 0 Å². The summed E-state index contributed by atoms with van der Waals surface area (Å²) < 4.78 is 0. The van der Waals surface area contributed by atoms with E-state index in [1.807, 2.05) is 6.92 Å². The Morgan fingerprint density at radius 2 is 1.88 bits per heavy atom. The zero-order valence-corrected chi connectivity index (χ0v) is 15.1. The molecular weight excluding hydrogens is 320 g/mol. The predicted octanol–water partition coefficient (Wildman–Crippen LogP) is 1.04. The number of hydrogen-bond donors (Lipinski definition) is 4. The van der Waals surface area contributed by atoms with Crippen LogP contribution in [-0.4, -0.2) is 51.1 Å². The molecule has 0 heterocycles. The largest absolute Gasteiger partial charge is 0.396 e. The Balaban J connectivity index is 1.91. The maximum atomic E-state index is 13.2. The summed E-state index contributed by atoms with van der Waals surface area (Å²) >= 11 is 0. The van der Waals surface area contributed by atoms with Gasteiger partial charge >= 0.3 is 0 Å². The van der Waals surface area contributed by atoms with Gasteiger partial charge in [-0.15, -0.1) is 0 Å². The highest BCUT2D eigenvalue weighted by Crippen LogP contribution is 2.71. The van der Waals surface area contributed by atoms with Gasteiger partial charge < -0.3 is 20.4 Å². The number of aliphatic hydroxyl groups is 4. The molecule has 4 aliphatic rings. The van der Waals surface area contributed by atoms with Crippen LogP contribution < -0.4 is 0 Å². The predicted molar refractivity (Wildman–Crippen MR) is 91.5 cm³/mol. The molecule has 25 heavy (non-hydrogen) atoms. The Morgan fingerprint density at radius 1 is 1.20 bits per heavy atom. The summed E-state index contributed by atoms with van der Waals surface area (Å²) in [7, 11) is 0. The molecule has 0 amide bonds. The SMILES string of the molecule is C=C1[C@@H](O)[C@]23[C@H](O)C[C@@H]4[C@@](C)(CO)CCC[C@@]4(C)[C@@H]2C(=O)C[C@@H]1[C@H]3O. The van der Waals surface area contributed by atoms with Crippen molar-refractivity contribution in [2.24, 2.45) is 34.0 Å². The summed E-state index contributed by atoms with van der Waals surface area (Å²) in [5.74, 6) is -1.04. The van der Waals surface area contributed by atoms with E-state index >= 15 is 0 Å². The zero-order chi connectivity index (χ0) is 18.4. The Labute approximate surface area is 148 Å². The maximum absolute atomic E-state index is 13.2. The average Bonchev–Trinajstić information content (AvgIpc) is 2.68.